The highest BCUT2D eigenvalue weighted by Gasteiger charge is 2.27. The second-order valence-electron chi connectivity index (χ2n) is 6.28. The van der Waals surface area contributed by atoms with Gasteiger partial charge in [0.1, 0.15) is 12.4 Å². The standard InChI is InChI=1S/C20H15ClFN3O5S/c21-18-12-14(6-11-19(18)22)23-20(26)13-24(15-7-9-16(10-8-15)25(27)28)31(29,30)17-4-2-1-3-5-17/h1-12H,13H2,(H,23,26). The van der Waals surface area contributed by atoms with Gasteiger partial charge in [0.2, 0.25) is 5.91 Å². The maximum Gasteiger partial charge on any atom is 0.269 e. The lowest BCUT2D eigenvalue weighted by atomic mass is 10.3. The molecule has 0 spiro atoms. The molecule has 0 fully saturated rings. The first-order valence-corrected chi connectivity index (χ1v) is 10.6. The average molecular weight is 464 g/mol. The predicted molar refractivity (Wildman–Crippen MR) is 114 cm³/mol. The van der Waals surface area contributed by atoms with Gasteiger partial charge >= 0.3 is 0 Å². The summed E-state index contributed by atoms with van der Waals surface area (Å²) in [5.41, 5.74) is 0.00474. The SMILES string of the molecule is O=C(CN(c1ccc([N+](=O)[O-])cc1)S(=O)(=O)c1ccccc1)Nc1ccc(F)c(Cl)c1. The molecular formula is C20H15ClFN3O5S. The van der Waals surface area contributed by atoms with Crippen molar-refractivity contribution in [2.24, 2.45) is 0 Å². The number of carbonyl (C=O) groups excluding carboxylic acids is 1. The van der Waals surface area contributed by atoms with Crippen LogP contribution < -0.4 is 9.62 Å². The maximum absolute atomic E-state index is 13.3. The minimum absolute atomic E-state index is 0.0572. The highest BCUT2D eigenvalue weighted by molar-refractivity contribution is 7.92. The summed E-state index contributed by atoms with van der Waals surface area (Å²) >= 11 is 5.70. The molecule has 0 aromatic heterocycles. The number of carbonyl (C=O) groups is 1. The molecule has 0 heterocycles. The summed E-state index contributed by atoms with van der Waals surface area (Å²) in [7, 11) is -4.17. The van der Waals surface area contributed by atoms with Gasteiger partial charge in [-0.3, -0.25) is 19.2 Å². The van der Waals surface area contributed by atoms with Crippen molar-refractivity contribution < 1.29 is 22.5 Å². The molecule has 3 aromatic rings. The summed E-state index contributed by atoms with van der Waals surface area (Å²) in [4.78, 5) is 22.8. The smallest absolute Gasteiger partial charge is 0.269 e. The van der Waals surface area contributed by atoms with Crippen LogP contribution in [0.1, 0.15) is 0 Å². The molecule has 1 N–H and O–H groups in total. The van der Waals surface area contributed by atoms with E-state index in [9.17, 15) is 27.7 Å². The van der Waals surface area contributed by atoms with Crippen molar-refractivity contribution in [1.82, 2.24) is 0 Å². The number of rotatable bonds is 7. The number of nitrogens with one attached hydrogen (secondary N) is 1. The van der Waals surface area contributed by atoms with E-state index in [0.29, 0.717) is 0 Å². The topological polar surface area (TPSA) is 110 Å². The van der Waals surface area contributed by atoms with E-state index in [4.69, 9.17) is 11.6 Å². The molecule has 8 nitrogen and oxygen atoms in total. The molecule has 0 unspecified atom stereocenters. The number of nitrogens with zero attached hydrogens (tertiary/aromatic N) is 2. The first-order valence-electron chi connectivity index (χ1n) is 8.75. The Morgan fingerprint density at radius 1 is 1.06 bits per heavy atom. The monoisotopic (exact) mass is 463 g/mol. The quantitative estimate of drug-likeness (QED) is 0.416. The highest BCUT2D eigenvalue weighted by Crippen LogP contribution is 2.26. The van der Waals surface area contributed by atoms with Crippen LogP contribution in [0.3, 0.4) is 0 Å². The fourth-order valence-corrected chi connectivity index (χ4v) is 4.30. The van der Waals surface area contributed by atoms with E-state index in [1.54, 1.807) is 6.07 Å². The molecule has 160 valence electrons. The second kappa shape index (κ2) is 9.11. The molecule has 0 bridgehead atoms. The molecule has 0 saturated heterocycles. The number of nitro benzene ring substituents is 1. The molecular weight excluding hydrogens is 449 g/mol. The Morgan fingerprint density at radius 2 is 1.71 bits per heavy atom. The van der Waals surface area contributed by atoms with E-state index >= 15 is 0 Å². The maximum atomic E-state index is 13.3. The number of hydrogen-bond donors (Lipinski definition) is 1. The van der Waals surface area contributed by atoms with Crippen LogP contribution in [0.2, 0.25) is 5.02 Å². The fraction of sp³-hybridized carbons (Fsp3) is 0.0500. The van der Waals surface area contributed by atoms with Crippen molar-refractivity contribution in [2.75, 3.05) is 16.2 Å². The van der Waals surface area contributed by atoms with Crippen LogP contribution in [-0.4, -0.2) is 25.8 Å². The summed E-state index contributed by atoms with van der Waals surface area (Å²) in [5.74, 6) is -1.39. The van der Waals surface area contributed by atoms with E-state index in [-0.39, 0.29) is 27.0 Å². The number of hydrogen-bond acceptors (Lipinski definition) is 5. The van der Waals surface area contributed by atoms with Crippen LogP contribution in [0.15, 0.2) is 77.7 Å². The Labute approximate surface area is 182 Å². The molecule has 3 aromatic carbocycles. The average Bonchev–Trinajstić information content (AvgIpc) is 2.75. The van der Waals surface area contributed by atoms with Crippen LogP contribution in [0.25, 0.3) is 0 Å². The molecule has 11 heteroatoms. The number of nitro groups is 1. The van der Waals surface area contributed by atoms with Crippen LogP contribution >= 0.6 is 11.6 Å². The normalized spacial score (nSPS) is 11.0. The van der Waals surface area contributed by atoms with Gasteiger partial charge in [-0.1, -0.05) is 29.8 Å². The van der Waals surface area contributed by atoms with Crippen molar-refractivity contribution in [1.29, 1.82) is 0 Å². The third-order valence-electron chi connectivity index (χ3n) is 4.17. The summed E-state index contributed by atoms with van der Waals surface area (Å²) in [5, 5.41) is 13.2. The summed E-state index contributed by atoms with van der Waals surface area (Å²) in [6, 6.07) is 15.7. The molecule has 1 amide bonds. The van der Waals surface area contributed by atoms with Crippen LogP contribution in [0.5, 0.6) is 0 Å². The van der Waals surface area contributed by atoms with E-state index < -0.39 is 33.2 Å². The number of sulfonamides is 1. The van der Waals surface area contributed by atoms with E-state index in [1.807, 2.05) is 0 Å². The zero-order chi connectivity index (χ0) is 22.6. The second-order valence-corrected chi connectivity index (χ2v) is 8.54. The van der Waals surface area contributed by atoms with Gasteiger partial charge in [-0.15, -0.1) is 0 Å². The molecule has 0 radical (unpaired) electrons. The van der Waals surface area contributed by atoms with Crippen LogP contribution in [0.4, 0.5) is 21.5 Å². The summed E-state index contributed by atoms with van der Waals surface area (Å²) in [6.45, 7) is -0.635. The van der Waals surface area contributed by atoms with Gasteiger partial charge in [0.05, 0.1) is 20.5 Å². The van der Waals surface area contributed by atoms with Gasteiger partial charge in [-0.2, -0.15) is 0 Å². The van der Waals surface area contributed by atoms with Crippen molar-refractivity contribution in [3.05, 3.63) is 93.8 Å². The summed E-state index contributed by atoms with van der Waals surface area (Å²) < 4.78 is 40.5. The van der Waals surface area contributed by atoms with Crippen molar-refractivity contribution in [3.63, 3.8) is 0 Å². The largest absolute Gasteiger partial charge is 0.324 e. The lowest BCUT2D eigenvalue weighted by Gasteiger charge is -2.24. The first-order chi connectivity index (χ1) is 14.7. The van der Waals surface area contributed by atoms with Gasteiger partial charge in [0.15, 0.2) is 0 Å². The number of anilines is 2. The highest BCUT2D eigenvalue weighted by atomic mass is 35.5. The molecule has 0 saturated carbocycles. The predicted octanol–water partition coefficient (Wildman–Crippen LogP) is 4.22. The lowest BCUT2D eigenvalue weighted by Crippen LogP contribution is -2.38. The lowest BCUT2D eigenvalue weighted by molar-refractivity contribution is -0.384. The van der Waals surface area contributed by atoms with Gasteiger partial charge in [0, 0.05) is 17.8 Å². The number of halogens is 2. The third-order valence-corrected chi connectivity index (χ3v) is 6.25. The van der Waals surface area contributed by atoms with E-state index in [2.05, 4.69) is 5.32 Å². The molecule has 0 aliphatic carbocycles. The van der Waals surface area contributed by atoms with Crippen molar-refractivity contribution in [2.45, 2.75) is 4.90 Å². The van der Waals surface area contributed by atoms with Crippen molar-refractivity contribution >= 4 is 44.6 Å². The Bertz CT molecular complexity index is 1220. The third kappa shape index (κ3) is 5.16. The molecule has 0 aliphatic heterocycles. The number of non-ortho nitro benzene ring substituents is 1. The molecule has 0 aliphatic rings. The number of amides is 1. The van der Waals surface area contributed by atoms with Gasteiger partial charge < -0.3 is 5.32 Å². The molecule has 31 heavy (non-hydrogen) atoms. The van der Waals surface area contributed by atoms with Crippen molar-refractivity contribution in [3.8, 4) is 0 Å². The van der Waals surface area contributed by atoms with Gasteiger partial charge in [0.25, 0.3) is 15.7 Å². The molecule has 0 atom stereocenters. The summed E-state index contributed by atoms with van der Waals surface area (Å²) in [6.07, 6.45) is 0. The number of benzene rings is 3. The van der Waals surface area contributed by atoms with Crippen LogP contribution in [-0.2, 0) is 14.8 Å². The minimum Gasteiger partial charge on any atom is -0.324 e. The van der Waals surface area contributed by atoms with E-state index in [1.165, 1.54) is 48.5 Å². The minimum atomic E-state index is -4.17. The van der Waals surface area contributed by atoms with Gasteiger partial charge in [-0.25, -0.2) is 12.8 Å². The molecule has 3 rings (SSSR count). The Morgan fingerprint density at radius 3 is 2.29 bits per heavy atom. The zero-order valence-electron chi connectivity index (χ0n) is 15.7. The fourth-order valence-electron chi connectivity index (χ4n) is 2.68. The van der Waals surface area contributed by atoms with Gasteiger partial charge in [-0.05, 0) is 42.5 Å². The zero-order valence-corrected chi connectivity index (χ0v) is 17.3. The Kier molecular flexibility index (Phi) is 6.52. The Balaban J connectivity index is 1.94. The van der Waals surface area contributed by atoms with Crippen LogP contribution in [0, 0.1) is 15.9 Å². The Hall–Kier alpha value is -3.50. The first kappa shape index (κ1) is 22.2. The van der Waals surface area contributed by atoms with E-state index in [0.717, 1.165) is 22.5 Å².